The lowest BCUT2D eigenvalue weighted by atomic mass is 10.6. The van der Waals surface area contributed by atoms with Gasteiger partial charge < -0.3 is 5.11 Å². The quantitative estimate of drug-likeness (QED) is 0.476. The van der Waals surface area contributed by atoms with Crippen LogP contribution >= 0.6 is 0 Å². The van der Waals surface area contributed by atoms with Gasteiger partial charge in [0.2, 0.25) is 5.88 Å². The van der Waals surface area contributed by atoms with Crippen LogP contribution in [0.1, 0.15) is 0 Å². The summed E-state index contributed by atoms with van der Waals surface area (Å²) in [5, 5.41) is 14.2. The van der Waals surface area contributed by atoms with Crippen molar-refractivity contribution in [2.45, 2.75) is 0 Å². The second kappa shape index (κ2) is 1.14. The highest BCUT2D eigenvalue weighted by Gasteiger charge is 2.03. The van der Waals surface area contributed by atoms with Gasteiger partial charge in [0.25, 0.3) is 5.91 Å². The molecule has 0 aliphatic carbocycles. The van der Waals surface area contributed by atoms with Crippen LogP contribution in [0.3, 0.4) is 0 Å². The van der Waals surface area contributed by atoms with Crippen LogP contribution in [0.4, 0.5) is 0 Å². The SMILES string of the molecule is O=C1C=C(O)N=N1. The Morgan fingerprint density at radius 2 is 2.29 bits per heavy atom. The van der Waals surface area contributed by atoms with Crippen LogP contribution in [0.5, 0.6) is 0 Å². The molecule has 0 saturated carbocycles. The molecule has 0 bridgehead atoms. The van der Waals surface area contributed by atoms with Gasteiger partial charge in [0.15, 0.2) is 0 Å². The Balaban J connectivity index is 2.88. The third-order valence-corrected chi connectivity index (χ3v) is 0.504. The molecule has 0 aromatic rings. The zero-order valence-electron chi connectivity index (χ0n) is 3.33. The highest BCUT2D eigenvalue weighted by molar-refractivity contribution is 5.89. The fourth-order valence-electron chi connectivity index (χ4n) is 0.269. The fourth-order valence-corrected chi connectivity index (χ4v) is 0.269. The first-order valence-corrected chi connectivity index (χ1v) is 1.65. The molecule has 1 amide bonds. The average molecular weight is 98.1 g/mol. The maximum atomic E-state index is 9.96. The van der Waals surface area contributed by atoms with Gasteiger partial charge in [0.1, 0.15) is 0 Å². The maximum absolute atomic E-state index is 9.96. The first-order valence-electron chi connectivity index (χ1n) is 1.65. The van der Waals surface area contributed by atoms with E-state index in [1.165, 1.54) is 0 Å². The molecule has 1 aliphatic rings. The minimum absolute atomic E-state index is 0.315. The molecular weight excluding hydrogens is 96.0 g/mol. The van der Waals surface area contributed by atoms with Crippen LogP contribution in [-0.2, 0) is 4.79 Å². The van der Waals surface area contributed by atoms with E-state index in [1.807, 2.05) is 0 Å². The van der Waals surface area contributed by atoms with E-state index < -0.39 is 5.91 Å². The number of rotatable bonds is 0. The van der Waals surface area contributed by atoms with E-state index >= 15 is 0 Å². The van der Waals surface area contributed by atoms with Crippen molar-refractivity contribution in [3.05, 3.63) is 12.0 Å². The predicted octanol–water partition coefficient (Wildman–Crippen LogP) is 0.378. The summed E-state index contributed by atoms with van der Waals surface area (Å²) >= 11 is 0. The molecule has 0 fully saturated rings. The number of hydrogen-bond acceptors (Lipinski definition) is 3. The number of carbonyl (C=O) groups excluding carboxylic acids is 1. The summed E-state index contributed by atoms with van der Waals surface area (Å²) in [4.78, 5) is 9.96. The monoisotopic (exact) mass is 98.0 g/mol. The number of amides is 1. The lowest BCUT2D eigenvalue weighted by molar-refractivity contribution is -0.113. The van der Waals surface area contributed by atoms with Crippen molar-refractivity contribution < 1.29 is 9.90 Å². The maximum Gasteiger partial charge on any atom is 0.293 e. The number of aliphatic hydroxyl groups is 1. The molecule has 0 saturated heterocycles. The molecule has 7 heavy (non-hydrogen) atoms. The van der Waals surface area contributed by atoms with E-state index in [-0.39, 0.29) is 5.88 Å². The van der Waals surface area contributed by atoms with Crippen LogP contribution < -0.4 is 0 Å². The number of carbonyl (C=O) groups is 1. The highest BCUT2D eigenvalue weighted by Crippen LogP contribution is 2.00. The molecule has 0 unspecified atom stereocenters. The molecule has 0 atom stereocenters. The molecule has 0 aromatic heterocycles. The van der Waals surface area contributed by atoms with Crippen LogP contribution in [0.25, 0.3) is 0 Å². The van der Waals surface area contributed by atoms with Crippen molar-refractivity contribution in [2.24, 2.45) is 10.2 Å². The Morgan fingerprint density at radius 3 is 2.43 bits per heavy atom. The zero-order valence-corrected chi connectivity index (χ0v) is 3.33. The minimum atomic E-state index is -0.502. The second-order valence-corrected chi connectivity index (χ2v) is 1.04. The zero-order chi connectivity index (χ0) is 5.28. The molecule has 36 valence electrons. The summed E-state index contributed by atoms with van der Waals surface area (Å²) in [6.07, 6.45) is 0.944. The molecule has 1 heterocycles. The summed E-state index contributed by atoms with van der Waals surface area (Å²) in [5.41, 5.74) is 0. The Bertz CT molecular complexity index is 158. The smallest absolute Gasteiger partial charge is 0.293 e. The predicted molar refractivity (Wildman–Crippen MR) is 20.6 cm³/mol. The molecule has 0 aromatic carbocycles. The number of aliphatic hydroxyl groups excluding tert-OH is 1. The summed E-state index contributed by atoms with van der Waals surface area (Å²) in [6, 6.07) is 0. The van der Waals surface area contributed by atoms with Gasteiger partial charge in [-0.15, -0.1) is 10.2 Å². The summed E-state index contributed by atoms with van der Waals surface area (Å²) in [5.74, 6) is -0.817. The van der Waals surface area contributed by atoms with Crippen LogP contribution in [0.2, 0.25) is 0 Å². The highest BCUT2D eigenvalue weighted by atomic mass is 16.3. The molecule has 4 nitrogen and oxygen atoms in total. The summed E-state index contributed by atoms with van der Waals surface area (Å²) < 4.78 is 0. The fraction of sp³-hybridized carbons (Fsp3) is 0. The van der Waals surface area contributed by atoms with Gasteiger partial charge in [0, 0.05) is 0 Å². The molecular formula is C3H2N2O2. The molecule has 4 heteroatoms. The first-order chi connectivity index (χ1) is 3.29. The second-order valence-electron chi connectivity index (χ2n) is 1.04. The largest absolute Gasteiger partial charge is 0.492 e. The van der Waals surface area contributed by atoms with E-state index in [9.17, 15) is 4.79 Å². The lowest BCUT2D eigenvalue weighted by Crippen LogP contribution is -1.76. The van der Waals surface area contributed by atoms with Crippen LogP contribution in [-0.4, -0.2) is 11.0 Å². The van der Waals surface area contributed by atoms with E-state index in [0.717, 1.165) is 6.08 Å². The van der Waals surface area contributed by atoms with Gasteiger partial charge in [-0.3, -0.25) is 4.79 Å². The number of azo groups is 1. The summed E-state index contributed by atoms with van der Waals surface area (Å²) in [6.45, 7) is 0. The average Bonchev–Trinajstić information content (AvgIpc) is 1.87. The molecule has 1 aliphatic heterocycles. The van der Waals surface area contributed by atoms with E-state index in [4.69, 9.17) is 5.11 Å². The van der Waals surface area contributed by atoms with Crippen molar-refractivity contribution in [1.29, 1.82) is 0 Å². The Kier molecular flexibility index (Phi) is 0.651. The number of nitrogens with zero attached hydrogens (tertiary/aromatic N) is 2. The summed E-state index contributed by atoms with van der Waals surface area (Å²) in [7, 11) is 0. The molecule has 0 radical (unpaired) electrons. The van der Waals surface area contributed by atoms with Crippen molar-refractivity contribution >= 4 is 5.91 Å². The van der Waals surface area contributed by atoms with Crippen LogP contribution in [0.15, 0.2) is 22.2 Å². The Hall–Kier alpha value is -1.19. The standard InChI is InChI=1S/C3H2N2O2/c6-2-1-3(7)5-4-2/h1,6H. The molecule has 1 N–H and O–H groups in total. The first kappa shape index (κ1) is 3.98. The topological polar surface area (TPSA) is 62.0 Å². The lowest BCUT2D eigenvalue weighted by Gasteiger charge is -1.69. The van der Waals surface area contributed by atoms with Crippen LogP contribution in [0, 0.1) is 0 Å². The van der Waals surface area contributed by atoms with E-state index in [1.54, 1.807) is 0 Å². The van der Waals surface area contributed by atoms with Crippen molar-refractivity contribution in [2.75, 3.05) is 0 Å². The van der Waals surface area contributed by atoms with Crippen molar-refractivity contribution in [1.82, 2.24) is 0 Å². The molecule has 1 rings (SSSR count). The minimum Gasteiger partial charge on any atom is -0.492 e. The van der Waals surface area contributed by atoms with Gasteiger partial charge >= 0.3 is 0 Å². The van der Waals surface area contributed by atoms with Gasteiger partial charge in [-0.25, -0.2) is 0 Å². The van der Waals surface area contributed by atoms with Gasteiger partial charge in [-0.2, -0.15) is 0 Å². The van der Waals surface area contributed by atoms with Crippen molar-refractivity contribution in [3.8, 4) is 0 Å². The Morgan fingerprint density at radius 1 is 1.57 bits per heavy atom. The van der Waals surface area contributed by atoms with E-state index in [0.29, 0.717) is 0 Å². The molecule has 0 spiro atoms. The number of hydrogen-bond donors (Lipinski definition) is 1. The van der Waals surface area contributed by atoms with Crippen molar-refractivity contribution in [3.63, 3.8) is 0 Å². The van der Waals surface area contributed by atoms with Gasteiger partial charge in [-0.05, 0) is 0 Å². The van der Waals surface area contributed by atoms with Gasteiger partial charge in [-0.1, -0.05) is 0 Å². The van der Waals surface area contributed by atoms with E-state index in [2.05, 4.69) is 10.2 Å². The van der Waals surface area contributed by atoms with Gasteiger partial charge in [0.05, 0.1) is 6.08 Å². The Labute approximate surface area is 39.2 Å². The normalized spacial score (nSPS) is 17.7. The third-order valence-electron chi connectivity index (χ3n) is 0.504. The third kappa shape index (κ3) is 0.623.